The number of fused-ring (bicyclic) bond motifs is 1. The van der Waals surface area contributed by atoms with Gasteiger partial charge in [-0.15, -0.1) is 0 Å². The molecule has 2 aromatic carbocycles. The Labute approximate surface area is 138 Å². The third kappa shape index (κ3) is 2.82. The van der Waals surface area contributed by atoms with Gasteiger partial charge in [-0.3, -0.25) is 4.79 Å². The summed E-state index contributed by atoms with van der Waals surface area (Å²) in [5.41, 5.74) is 1.65. The van der Waals surface area contributed by atoms with E-state index in [-0.39, 0.29) is 12.4 Å². The number of carbonyl (C=O) groups excluding carboxylic acids is 1. The molecule has 22 heavy (non-hydrogen) atoms. The molecule has 0 unspecified atom stereocenters. The van der Waals surface area contributed by atoms with Crippen molar-refractivity contribution in [2.75, 3.05) is 6.61 Å². The molecule has 0 bridgehead atoms. The molecule has 0 aliphatic carbocycles. The second kappa shape index (κ2) is 6.03. The summed E-state index contributed by atoms with van der Waals surface area (Å²) in [5, 5.41) is 1.83. The van der Waals surface area contributed by atoms with Crippen molar-refractivity contribution in [2.45, 2.75) is 0 Å². The second-order valence-corrected chi connectivity index (χ2v) is 5.80. The third-order valence-electron chi connectivity index (χ3n) is 3.45. The van der Waals surface area contributed by atoms with E-state index in [0.29, 0.717) is 21.4 Å². The van der Waals surface area contributed by atoms with Crippen molar-refractivity contribution < 1.29 is 9.53 Å². The molecule has 0 saturated heterocycles. The van der Waals surface area contributed by atoms with Crippen LogP contribution < -0.4 is 4.74 Å². The van der Waals surface area contributed by atoms with E-state index in [0.717, 1.165) is 10.9 Å². The van der Waals surface area contributed by atoms with Gasteiger partial charge in [0.25, 0.3) is 0 Å². The van der Waals surface area contributed by atoms with Crippen LogP contribution in [0, 0.1) is 0 Å². The van der Waals surface area contributed by atoms with Crippen molar-refractivity contribution in [3.05, 3.63) is 64.3 Å². The van der Waals surface area contributed by atoms with E-state index in [9.17, 15) is 4.79 Å². The molecule has 0 radical (unpaired) electrons. The number of Topliss-reactive ketones (excluding diaryl/α,β-unsaturated/α-hetero) is 1. The summed E-state index contributed by atoms with van der Waals surface area (Å²) in [6.07, 6.45) is 1.82. The van der Waals surface area contributed by atoms with Crippen LogP contribution in [0.1, 0.15) is 10.4 Å². The fourth-order valence-electron chi connectivity index (χ4n) is 2.38. The maximum absolute atomic E-state index is 12.4. The number of para-hydroxylation sites is 1. The van der Waals surface area contributed by atoms with E-state index < -0.39 is 0 Å². The van der Waals surface area contributed by atoms with Gasteiger partial charge < -0.3 is 9.30 Å². The minimum atomic E-state index is -0.0946. The highest BCUT2D eigenvalue weighted by molar-refractivity contribution is 6.35. The lowest BCUT2D eigenvalue weighted by Gasteiger charge is -2.07. The molecule has 1 aromatic heterocycles. The molecule has 0 aliphatic heterocycles. The number of carbonyl (C=O) groups is 1. The molecule has 0 saturated carbocycles. The molecule has 1 heterocycles. The topological polar surface area (TPSA) is 31.2 Å². The first-order chi connectivity index (χ1) is 10.6. The van der Waals surface area contributed by atoms with Crippen LogP contribution in [0.2, 0.25) is 10.0 Å². The molecule has 0 amide bonds. The molecule has 3 rings (SSSR count). The summed E-state index contributed by atoms with van der Waals surface area (Å²) in [6, 6.07) is 12.7. The lowest BCUT2D eigenvalue weighted by atomic mass is 10.1. The summed E-state index contributed by atoms with van der Waals surface area (Å²) in [7, 11) is 1.91. The highest BCUT2D eigenvalue weighted by Gasteiger charge is 2.14. The highest BCUT2D eigenvalue weighted by atomic mass is 35.5. The summed E-state index contributed by atoms with van der Waals surface area (Å²) >= 11 is 11.9. The van der Waals surface area contributed by atoms with Gasteiger partial charge in [-0.05, 0) is 24.3 Å². The average molecular weight is 334 g/mol. The van der Waals surface area contributed by atoms with Crippen LogP contribution in [0.4, 0.5) is 0 Å². The van der Waals surface area contributed by atoms with Crippen molar-refractivity contribution in [1.82, 2.24) is 4.57 Å². The molecule has 3 aromatic rings. The van der Waals surface area contributed by atoms with Crippen LogP contribution >= 0.6 is 23.2 Å². The number of halogens is 2. The second-order valence-electron chi connectivity index (χ2n) is 4.96. The van der Waals surface area contributed by atoms with Gasteiger partial charge in [0, 0.05) is 34.7 Å². The minimum absolute atomic E-state index is 0.0740. The summed E-state index contributed by atoms with van der Waals surface area (Å²) in [4.78, 5) is 12.4. The van der Waals surface area contributed by atoms with Gasteiger partial charge in [-0.25, -0.2) is 0 Å². The van der Waals surface area contributed by atoms with Crippen molar-refractivity contribution in [1.29, 1.82) is 0 Å². The number of benzene rings is 2. The molecule has 0 atom stereocenters. The Kier molecular flexibility index (Phi) is 4.10. The number of hydrogen-bond acceptors (Lipinski definition) is 2. The molecule has 5 heteroatoms. The van der Waals surface area contributed by atoms with E-state index in [1.807, 2.05) is 42.1 Å². The van der Waals surface area contributed by atoms with Crippen LogP contribution in [0.5, 0.6) is 5.75 Å². The number of ether oxygens (including phenoxy) is 1. The Morgan fingerprint density at radius 3 is 2.73 bits per heavy atom. The molecule has 112 valence electrons. The average Bonchev–Trinajstić information content (AvgIpc) is 2.84. The van der Waals surface area contributed by atoms with Gasteiger partial charge in [-0.2, -0.15) is 0 Å². The Balaban J connectivity index is 1.82. The number of hydrogen-bond donors (Lipinski definition) is 0. The first-order valence-corrected chi connectivity index (χ1v) is 7.47. The molecule has 0 fully saturated rings. The largest absolute Gasteiger partial charge is 0.484 e. The van der Waals surface area contributed by atoms with Gasteiger partial charge in [0.15, 0.2) is 6.61 Å². The van der Waals surface area contributed by atoms with E-state index in [4.69, 9.17) is 27.9 Å². The van der Waals surface area contributed by atoms with E-state index in [1.54, 1.807) is 18.2 Å². The smallest absolute Gasteiger partial charge is 0.202 e. The predicted molar refractivity (Wildman–Crippen MR) is 89.2 cm³/mol. The Hall–Kier alpha value is -1.97. The Morgan fingerprint density at radius 1 is 1.18 bits per heavy atom. The summed E-state index contributed by atoms with van der Waals surface area (Å²) in [5.74, 6) is 0.350. The highest BCUT2D eigenvalue weighted by Crippen LogP contribution is 2.28. The van der Waals surface area contributed by atoms with E-state index in [1.165, 1.54) is 0 Å². The first-order valence-electron chi connectivity index (χ1n) is 6.71. The number of ketones is 1. The zero-order valence-corrected chi connectivity index (χ0v) is 13.4. The number of rotatable bonds is 4. The van der Waals surface area contributed by atoms with Crippen molar-refractivity contribution >= 4 is 39.9 Å². The van der Waals surface area contributed by atoms with Gasteiger partial charge >= 0.3 is 0 Å². The first kappa shape index (κ1) is 14.9. The maximum Gasteiger partial charge on any atom is 0.202 e. The van der Waals surface area contributed by atoms with E-state index in [2.05, 4.69) is 0 Å². The van der Waals surface area contributed by atoms with Crippen molar-refractivity contribution in [3.8, 4) is 5.75 Å². The summed E-state index contributed by atoms with van der Waals surface area (Å²) in [6.45, 7) is -0.0740. The minimum Gasteiger partial charge on any atom is -0.484 e. The monoisotopic (exact) mass is 333 g/mol. The van der Waals surface area contributed by atoms with Crippen LogP contribution in [0.25, 0.3) is 10.9 Å². The molecule has 3 nitrogen and oxygen atoms in total. The van der Waals surface area contributed by atoms with Crippen LogP contribution in [-0.2, 0) is 7.05 Å². The number of aromatic nitrogens is 1. The molecule has 0 N–H and O–H groups in total. The van der Waals surface area contributed by atoms with E-state index >= 15 is 0 Å². The normalized spacial score (nSPS) is 10.9. The van der Waals surface area contributed by atoms with Gasteiger partial charge in [-0.1, -0.05) is 41.4 Å². The molecule has 0 spiro atoms. The van der Waals surface area contributed by atoms with Crippen LogP contribution in [-0.4, -0.2) is 17.0 Å². The predicted octanol–water partition coefficient (Wildman–Crippen LogP) is 4.75. The Morgan fingerprint density at radius 2 is 1.95 bits per heavy atom. The van der Waals surface area contributed by atoms with Gasteiger partial charge in [0.2, 0.25) is 5.78 Å². The van der Waals surface area contributed by atoms with Gasteiger partial charge in [0.1, 0.15) is 5.75 Å². The fourth-order valence-corrected chi connectivity index (χ4v) is 2.84. The lowest BCUT2D eigenvalue weighted by molar-refractivity contribution is 0.0923. The van der Waals surface area contributed by atoms with Crippen LogP contribution in [0.15, 0.2) is 48.7 Å². The standard InChI is InChI=1S/C17H13Cl2NO2/c1-20-9-13(12-4-2-3-5-15(12)20)16(21)10-22-17-7-6-11(18)8-14(17)19/h2-9H,10H2,1H3. The van der Waals surface area contributed by atoms with Gasteiger partial charge in [0.05, 0.1) is 5.02 Å². The van der Waals surface area contributed by atoms with Crippen LogP contribution in [0.3, 0.4) is 0 Å². The zero-order chi connectivity index (χ0) is 15.7. The quantitative estimate of drug-likeness (QED) is 0.645. The third-order valence-corrected chi connectivity index (χ3v) is 3.98. The summed E-state index contributed by atoms with van der Waals surface area (Å²) < 4.78 is 7.45. The lowest BCUT2D eigenvalue weighted by Crippen LogP contribution is -2.11. The number of aryl methyl sites for hydroxylation is 1. The molecular weight excluding hydrogens is 321 g/mol. The van der Waals surface area contributed by atoms with Crippen molar-refractivity contribution in [3.63, 3.8) is 0 Å². The maximum atomic E-state index is 12.4. The Bertz CT molecular complexity index is 855. The SMILES string of the molecule is Cn1cc(C(=O)COc2ccc(Cl)cc2Cl)c2ccccc21. The molecule has 0 aliphatic rings. The molecular formula is C17H13Cl2NO2. The fraction of sp³-hybridized carbons (Fsp3) is 0.118. The zero-order valence-electron chi connectivity index (χ0n) is 11.8. The number of nitrogens with zero attached hydrogens (tertiary/aromatic N) is 1. The van der Waals surface area contributed by atoms with Crippen molar-refractivity contribution in [2.24, 2.45) is 7.05 Å².